The maximum Gasteiger partial charge on any atom is 0.218 e. The van der Waals surface area contributed by atoms with Crippen LogP contribution in [0.1, 0.15) is 53.4 Å². The highest BCUT2D eigenvalue weighted by atomic mass is 16.1. The molecule has 0 aromatic heterocycles. The summed E-state index contributed by atoms with van der Waals surface area (Å²) in [5.41, 5.74) is 10.8. The molecule has 1 saturated heterocycles. The Labute approximate surface area is 162 Å². The van der Waals surface area contributed by atoms with E-state index in [0.717, 1.165) is 6.42 Å². The summed E-state index contributed by atoms with van der Waals surface area (Å²) in [6.45, 7) is 9.10. The molecule has 3 atom stereocenters. The average Bonchev–Trinajstić information content (AvgIpc) is 2.55. The smallest absolute Gasteiger partial charge is 0.218 e. The molecule has 0 bridgehead atoms. The van der Waals surface area contributed by atoms with Crippen molar-refractivity contribution in [2.24, 2.45) is 35.1 Å². The molecule has 27 heavy (non-hydrogen) atoms. The number of rotatable bonds is 10. The monoisotopic (exact) mass is 380 g/mol. The SMILES string of the molecule is CC(C)C(=O)[C@H](CCCNC(=N)N)N1CCC(C(C)C)[C@@H](CC(N)=O)C1=N. The number of nitrogens with one attached hydrogen (secondary N) is 3. The second-order valence-electron chi connectivity index (χ2n) is 8.11. The van der Waals surface area contributed by atoms with Crippen molar-refractivity contribution in [3.63, 3.8) is 0 Å². The largest absolute Gasteiger partial charge is 0.370 e. The Kier molecular flexibility index (Phi) is 8.72. The molecule has 1 amide bonds. The lowest BCUT2D eigenvalue weighted by atomic mass is 9.75. The van der Waals surface area contributed by atoms with Gasteiger partial charge in [-0.25, -0.2) is 0 Å². The normalized spacial score (nSPS) is 21.4. The van der Waals surface area contributed by atoms with Gasteiger partial charge in [0, 0.05) is 31.3 Å². The summed E-state index contributed by atoms with van der Waals surface area (Å²) in [5, 5.41) is 18.7. The third kappa shape index (κ3) is 6.52. The van der Waals surface area contributed by atoms with E-state index in [2.05, 4.69) is 19.2 Å². The number of nitrogens with two attached hydrogens (primary N) is 2. The van der Waals surface area contributed by atoms with E-state index in [1.165, 1.54) is 0 Å². The third-order valence-electron chi connectivity index (χ3n) is 5.40. The van der Waals surface area contributed by atoms with Crippen LogP contribution in [0.3, 0.4) is 0 Å². The van der Waals surface area contributed by atoms with Gasteiger partial charge in [-0.2, -0.15) is 0 Å². The highest BCUT2D eigenvalue weighted by Crippen LogP contribution is 2.35. The third-order valence-corrected chi connectivity index (χ3v) is 5.40. The minimum atomic E-state index is -0.408. The van der Waals surface area contributed by atoms with Gasteiger partial charge in [-0.1, -0.05) is 27.7 Å². The van der Waals surface area contributed by atoms with Gasteiger partial charge in [0.15, 0.2) is 11.7 Å². The Bertz CT molecular complexity index is 560. The minimum Gasteiger partial charge on any atom is -0.370 e. The fourth-order valence-corrected chi connectivity index (χ4v) is 3.97. The van der Waals surface area contributed by atoms with Crippen LogP contribution in [0, 0.1) is 34.5 Å². The summed E-state index contributed by atoms with van der Waals surface area (Å²) in [6.07, 6.45) is 2.23. The van der Waals surface area contributed by atoms with E-state index >= 15 is 0 Å². The van der Waals surface area contributed by atoms with Gasteiger partial charge >= 0.3 is 0 Å². The number of likely N-dealkylation sites (tertiary alicyclic amines) is 1. The van der Waals surface area contributed by atoms with Crippen LogP contribution in [0.25, 0.3) is 0 Å². The van der Waals surface area contributed by atoms with Gasteiger partial charge in [-0.3, -0.25) is 20.4 Å². The maximum absolute atomic E-state index is 12.8. The van der Waals surface area contributed by atoms with Crippen molar-refractivity contribution in [3.8, 4) is 0 Å². The number of hydrogen-bond donors (Lipinski definition) is 5. The van der Waals surface area contributed by atoms with Gasteiger partial charge in [0.1, 0.15) is 5.84 Å². The van der Waals surface area contributed by atoms with Crippen molar-refractivity contribution >= 4 is 23.5 Å². The molecule has 8 nitrogen and oxygen atoms in total. The van der Waals surface area contributed by atoms with Crippen LogP contribution in [-0.4, -0.2) is 47.5 Å². The first-order chi connectivity index (χ1) is 12.6. The van der Waals surface area contributed by atoms with Gasteiger partial charge in [0.2, 0.25) is 5.91 Å². The fraction of sp³-hybridized carbons (Fsp3) is 0.789. The molecule has 154 valence electrons. The summed E-state index contributed by atoms with van der Waals surface area (Å²) in [5.74, 6) is 0.144. The molecule has 1 fully saturated rings. The summed E-state index contributed by atoms with van der Waals surface area (Å²) in [6, 6.07) is -0.394. The lowest BCUT2D eigenvalue weighted by Crippen LogP contribution is -2.55. The summed E-state index contributed by atoms with van der Waals surface area (Å²) >= 11 is 0. The first kappa shape index (κ1) is 22.9. The zero-order chi connectivity index (χ0) is 20.7. The average molecular weight is 381 g/mol. The van der Waals surface area contributed by atoms with Crippen LogP contribution in [0.2, 0.25) is 0 Å². The number of piperidine rings is 1. The zero-order valence-electron chi connectivity index (χ0n) is 17.0. The van der Waals surface area contributed by atoms with E-state index in [4.69, 9.17) is 22.3 Å². The molecule has 1 aliphatic rings. The number of amidine groups is 1. The summed E-state index contributed by atoms with van der Waals surface area (Å²) in [4.78, 5) is 26.3. The molecule has 0 saturated carbocycles. The number of hydrogen-bond acceptors (Lipinski definition) is 4. The molecule has 1 aliphatic heterocycles. The molecule has 1 heterocycles. The van der Waals surface area contributed by atoms with Crippen LogP contribution in [-0.2, 0) is 9.59 Å². The molecule has 0 aromatic carbocycles. The van der Waals surface area contributed by atoms with Crippen molar-refractivity contribution in [2.45, 2.75) is 59.4 Å². The Morgan fingerprint density at radius 2 is 1.89 bits per heavy atom. The van der Waals surface area contributed by atoms with Gasteiger partial charge in [0.25, 0.3) is 0 Å². The lowest BCUT2D eigenvalue weighted by Gasteiger charge is -2.45. The van der Waals surface area contributed by atoms with Gasteiger partial charge < -0.3 is 21.7 Å². The van der Waals surface area contributed by atoms with E-state index in [9.17, 15) is 9.59 Å². The molecule has 0 spiro atoms. The number of amides is 1. The molecular formula is C19H36N6O2. The van der Waals surface area contributed by atoms with E-state index < -0.39 is 11.9 Å². The van der Waals surface area contributed by atoms with Crippen LogP contribution in [0.15, 0.2) is 0 Å². The molecule has 0 aromatic rings. The van der Waals surface area contributed by atoms with Gasteiger partial charge in [-0.15, -0.1) is 0 Å². The van der Waals surface area contributed by atoms with Crippen molar-refractivity contribution in [3.05, 3.63) is 0 Å². The highest BCUT2D eigenvalue weighted by Gasteiger charge is 2.40. The first-order valence-corrected chi connectivity index (χ1v) is 9.81. The molecule has 8 heteroatoms. The number of Topliss-reactive ketones (excluding diaryl/α,β-unsaturated/α-hetero) is 1. The molecule has 7 N–H and O–H groups in total. The van der Waals surface area contributed by atoms with Crippen LogP contribution >= 0.6 is 0 Å². The zero-order valence-corrected chi connectivity index (χ0v) is 17.0. The summed E-state index contributed by atoms with van der Waals surface area (Å²) in [7, 11) is 0. The predicted octanol–water partition coefficient (Wildman–Crippen LogP) is 1.29. The Hall–Kier alpha value is -2.12. The Morgan fingerprint density at radius 3 is 2.37 bits per heavy atom. The maximum atomic E-state index is 12.8. The van der Waals surface area contributed by atoms with E-state index in [-0.39, 0.29) is 35.9 Å². The second-order valence-corrected chi connectivity index (χ2v) is 8.11. The molecular weight excluding hydrogens is 344 g/mol. The number of primary amides is 1. The van der Waals surface area contributed by atoms with Crippen molar-refractivity contribution in [1.82, 2.24) is 10.2 Å². The van der Waals surface area contributed by atoms with E-state index in [0.29, 0.717) is 37.7 Å². The summed E-state index contributed by atoms with van der Waals surface area (Å²) < 4.78 is 0. The Morgan fingerprint density at radius 1 is 1.26 bits per heavy atom. The lowest BCUT2D eigenvalue weighted by molar-refractivity contribution is -0.126. The van der Waals surface area contributed by atoms with Crippen LogP contribution in [0.5, 0.6) is 0 Å². The number of ketones is 1. The fourth-order valence-electron chi connectivity index (χ4n) is 3.97. The van der Waals surface area contributed by atoms with E-state index in [1.807, 2.05) is 18.7 Å². The second kappa shape index (κ2) is 10.3. The number of nitrogens with zero attached hydrogens (tertiary/aromatic N) is 1. The first-order valence-electron chi connectivity index (χ1n) is 9.81. The van der Waals surface area contributed by atoms with E-state index in [1.54, 1.807) is 0 Å². The van der Waals surface area contributed by atoms with Gasteiger partial charge in [-0.05, 0) is 31.1 Å². The molecule has 0 aliphatic carbocycles. The quantitative estimate of drug-likeness (QED) is 0.220. The number of carbonyl (C=O) groups excluding carboxylic acids is 2. The van der Waals surface area contributed by atoms with Gasteiger partial charge in [0.05, 0.1) is 6.04 Å². The number of carbonyl (C=O) groups is 2. The van der Waals surface area contributed by atoms with Crippen LogP contribution in [0.4, 0.5) is 0 Å². The standard InChI is InChI=1S/C19H36N6O2/c1-11(2)13-7-9-25(18(21)14(13)10-16(20)26)15(17(27)12(3)4)6-5-8-24-19(22)23/h11-15,21H,5-10H2,1-4H3,(H2,20,26)(H4,22,23,24)/t13?,14-,15+/m1/s1. The molecule has 0 radical (unpaired) electrons. The molecule has 1 unspecified atom stereocenters. The predicted molar refractivity (Wildman–Crippen MR) is 107 cm³/mol. The number of guanidine groups is 1. The Balaban J connectivity index is 2.98. The minimum absolute atomic E-state index is 0.0891. The topological polar surface area (TPSA) is 149 Å². The molecule has 1 rings (SSSR count). The highest BCUT2D eigenvalue weighted by molar-refractivity contribution is 5.93. The van der Waals surface area contributed by atoms with Crippen molar-refractivity contribution in [2.75, 3.05) is 13.1 Å². The van der Waals surface area contributed by atoms with Crippen molar-refractivity contribution in [1.29, 1.82) is 10.8 Å². The van der Waals surface area contributed by atoms with Crippen molar-refractivity contribution < 1.29 is 9.59 Å². The van der Waals surface area contributed by atoms with Crippen LogP contribution < -0.4 is 16.8 Å².